The average molecular weight is 470 g/mol. The quantitative estimate of drug-likeness (QED) is 0.368. The Hall–Kier alpha value is -3.60. The van der Waals surface area contributed by atoms with E-state index in [2.05, 4.69) is 69.5 Å². The fourth-order valence-electron chi connectivity index (χ4n) is 4.46. The van der Waals surface area contributed by atoms with Crippen LogP contribution in [-0.2, 0) is 0 Å². The van der Waals surface area contributed by atoms with E-state index >= 15 is 0 Å². The van der Waals surface area contributed by atoms with Crippen molar-refractivity contribution < 1.29 is 9.59 Å². The van der Waals surface area contributed by atoms with Crippen LogP contribution in [0.2, 0.25) is 0 Å². The third kappa shape index (κ3) is 5.24. The van der Waals surface area contributed by atoms with Gasteiger partial charge in [0.15, 0.2) is 0 Å². The van der Waals surface area contributed by atoms with Gasteiger partial charge in [0.05, 0.1) is 0 Å². The number of rotatable bonds is 8. The molecule has 1 aliphatic rings. The number of nitrogens with one attached hydrogen (secondary N) is 2. The van der Waals surface area contributed by atoms with Crippen molar-refractivity contribution in [3.63, 3.8) is 0 Å². The molecule has 0 saturated heterocycles. The number of carbonyl (C=O) groups excluding carboxylic acids is 2. The van der Waals surface area contributed by atoms with Crippen molar-refractivity contribution in [2.24, 2.45) is 0 Å². The van der Waals surface area contributed by atoms with Gasteiger partial charge < -0.3 is 15.5 Å². The molecule has 0 radical (unpaired) electrons. The van der Waals surface area contributed by atoms with E-state index in [4.69, 9.17) is 0 Å². The maximum Gasteiger partial charge on any atom is 0.256 e. The molecule has 35 heavy (non-hydrogen) atoms. The second-order valence-corrected chi connectivity index (χ2v) is 9.85. The fraction of sp³-hybridized carbons (Fsp3) is 0.333. The lowest BCUT2D eigenvalue weighted by molar-refractivity contribution is 0.0743. The van der Waals surface area contributed by atoms with Crippen molar-refractivity contribution >= 4 is 23.2 Å². The monoisotopic (exact) mass is 469 g/mol. The Labute approximate surface area is 208 Å². The molecule has 1 aliphatic heterocycles. The lowest BCUT2D eigenvalue weighted by atomic mass is 10.0. The molecule has 1 heterocycles. The summed E-state index contributed by atoms with van der Waals surface area (Å²) in [5, 5.41) is 6.49. The lowest BCUT2D eigenvalue weighted by Gasteiger charge is -2.27. The van der Waals surface area contributed by atoms with E-state index in [1.165, 1.54) is 11.1 Å². The summed E-state index contributed by atoms with van der Waals surface area (Å²) in [6.07, 6.45) is 0.590. The number of benzene rings is 3. The Morgan fingerprint density at radius 1 is 0.857 bits per heavy atom. The van der Waals surface area contributed by atoms with Gasteiger partial charge in [0.1, 0.15) is 6.17 Å². The number of anilines is 2. The van der Waals surface area contributed by atoms with Gasteiger partial charge in [-0.15, -0.1) is 0 Å². The first-order valence-corrected chi connectivity index (χ1v) is 12.5. The van der Waals surface area contributed by atoms with Gasteiger partial charge in [-0.3, -0.25) is 9.59 Å². The molecular weight excluding hydrogens is 434 g/mol. The lowest BCUT2D eigenvalue weighted by Crippen LogP contribution is -2.32. The molecule has 2 amide bonds. The minimum absolute atomic E-state index is 0.0471. The number of amides is 2. The highest BCUT2D eigenvalue weighted by Crippen LogP contribution is 2.35. The second-order valence-electron chi connectivity index (χ2n) is 9.85. The molecule has 4 rings (SSSR count). The molecule has 5 heteroatoms. The van der Waals surface area contributed by atoms with Gasteiger partial charge in [-0.05, 0) is 65.8 Å². The zero-order valence-corrected chi connectivity index (χ0v) is 21.3. The van der Waals surface area contributed by atoms with Crippen molar-refractivity contribution in [3.8, 4) is 0 Å². The van der Waals surface area contributed by atoms with E-state index in [0.29, 0.717) is 29.5 Å². The largest absolute Gasteiger partial charge is 0.361 e. The average Bonchev–Trinajstić information content (AvgIpc) is 3.10. The summed E-state index contributed by atoms with van der Waals surface area (Å²) in [5.74, 6) is 0.630. The molecule has 3 aromatic carbocycles. The molecule has 2 N–H and O–H groups in total. The predicted molar refractivity (Wildman–Crippen MR) is 143 cm³/mol. The molecular formula is C30H35N3O2. The van der Waals surface area contributed by atoms with Gasteiger partial charge in [0, 0.05) is 34.6 Å². The highest BCUT2D eigenvalue weighted by Gasteiger charge is 2.36. The second kappa shape index (κ2) is 10.3. The van der Waals surface area contributed by atoms with E-state index < -0.39 is 0 Å². The Bertz CT molecular complexity index is 1200. The fourth-order valence-corrected chi connectivity index (χ4v) is 4.46. The Balaban J connectivity index is 1.56. The first-order valence-electron chi connectivity index (χ1n) is 12.5. The van der Waals surface area contributed by atoms with Crippen molar-refractivity contribution in [1.29, 1.82) is 0 Å². The zero-order valence-electron chi connectivity index (χ0n) is 21.3. The Kier molecular flexibility index (Phi) is 7.25. The predicted octanol–water partition coefficient (Wildman–Crippen LogP) is 7.16. The number of nitrogens with zero attached hydrogens (tertiary/aromatic N) is 1. The third-order valence-corrected chi connectivity index (χ3v) is 6.59. The van der Waals surface area contributed by atoms with Crippen molar-refractivity contribution in [3.05, 3.63) is 94.5 Å². The van der Waals surface area contributed by atoms with E-state index in [0.717, 1.165) is 23.4 Å². The molecule has 5 nitrogen and oxygen atoms in total. The van der Waals surface area contributed by atoms with Crippen molar-refractivity contribution in [2.45, 2.75) is 59.0 Å². The molecule has 0 bridgehead atoms. The summed E-state index contributed by atoms with van der Waals surface area (Å²) in [5.41, 5.74) is 6.16. The summed E-state index contributed by atoms with van der Waals surface area (Å²) in [6, 6.07) is 21.7. The minimum Gasteiger partial charge on any atom is -0.361 e. The summed E-state index contributed by atoms with van der Waals surface area (Å²) in [4.78, 5) is 28.1. The van der Waals surface area contributed by atoms with Crippen LogP contribution in [0.3, 0.4) is 0 Å². The summed E-state index contributed by atoms with van der Waals surface area (Å²) < 4.78 is 0. The molecule has 0 aromatic heterocycles. The Morgan fingerprint density at radius 2 is 1.43 bits per heavy atom. The molecule has 0 unspecified atom stereocenters. The highest BCUT2D eigenvalue weighted by atomic mass is 16.2. The van der Waals surface area contributed by atoms with Crippen LogP contribution < -0.4 is 10.6 Å². The molecule has 3 aromatic rings. The van der Waals surface area contributed by atoms with E-state index in [1.54, 1.807) is 12.1 Å². The molecule has 182 valence electrons. The summed E-state index contributed by atoms with van der Waals surface area (Å²) >= 11 is 0. The standard InChI is InChI=1S/C30H35N3O2/c1-6-17-33-28(31-24-12-7-21(8-13-24)19(2)3)26-16-11-23(18-27(26)30(33)35)29(34)32-25-14-9-22(10-15-25)20(4)5/h7-16,18-20,28,31H,6,17H2,1-5H3,(H,32,34)/t28-/m0/s1. The van der Waals surface area contributed by atoms with Crippen LogP contribution in [-0.4, -0.2) is 23.3 Å². The van der Waals surface area contributed by atoms with Gasteiger partial charge in [0.25, 0.3) is 11.8 Å². The van der Waals surface area contributed by atoms with Gasteiger partial charge in [-0.25, -0.2) is 0 Å². The van der Waals surface area contributed by atoms with Crippen LogP contribution in [0.5, 0.6) is 0 Å². The number of fused-ring (bicyclic) bond motifs is 1. The highest BCUT2D eigenvalue weighted by molar-refractivity contribution is 6.07. The van der Waals surface area contributed by atoms with Crippen LogP contribution >= 0.6 is 0 Å². The third-order valence-electron chi connectivity index (χ3n) is 6.59. The first-order chi connectivity index (χ1) is 16.8. The summed E-state index contributed by atoms with van der Waals surface area (Å²) in [6.45, 7) is 11.3. The molecule has 1 atom stereocenters. The normalized spacial score (nSPS) is 15.0. The molecule has 0 fully saturated rings. The molecule has 0 saturated carbocycles. The van der Waals surface area contributed by atoms with Crippen LogP contribution in [0, 0.1) is 0 Å². The van der Waals surface area contributed by atoms with Gasteiger partial charge in [0.2, 0.25) is 0 Å². The summed E-state index contributed by atoms with van der Waals surface area (Å²) in [7, 11) is 0. The number of hydrogen-bond acceptors (Lipinski definition) is 3. The van der Waals surface area contributed by atoms with Crippen LogP contribution in [0.1, 0.15) is 96.4 Å². The van der Waals surface area contributed by atoms with Gasteiger partial charge in [-0.1, -0.05) is 65.0 Å². The zero-order chi connectivity index (χ0) is 25.1. The smallest absolute Gasteiger partial charge is 0.256 e. The van der Waals surface area contributed by atoms with Crippen molar-refractivity contribution in [2.75, 3.05) is 17.2 Å². The van der Waals surface area contributed by atoms with Gasteiger partial charge >= 0.3 is 0 Å². The molecule has 0 spiro atoms. The SMILES string of the molecule is CCCN1C(=O)c2cc(C(=O)Nc3ccc(C(C)C)cc3)ccc2[C@H]1Nc1ccc(C(C)C)cc1. The number of hydrogen-bond donors (Lipinski definition) is 2. The van der Waals surface area contributed by atoms with E-state index in [1.807, 2.05) is 35.2 Å². The first kappa shape index (κ1) is 24.5. The van der Waals surface area contributed by atoms with Gasteiger partial charge in [-0.2, -0.15) is 0 Å². The maximum absolute atomic E-state index is 13.3. The Morgan fingerprint density at radius 3 is 1.97 bits per heavy atom. The van der Waals surface area contributed by atoms with E-state index in [9.17, 15) is 9.59 Å². The van der Waals surface area contributed by atoms with E-state index in [-0.39, 0.29) is 18.0 Å². The topological polar surface area (TPSA) is 61.4 Å². The van der Waals surface area contributed by atoms with Crippen LogP contribution in [0.15, 0.2) is 66.7 Å². The maximum atomic E-state index is 13.3. The minimum atomic E-state index is -0.261. The van der Waals surface area contributed by atoms with Crippen LogP contribution in [0.4, 0.5) is 11.4 Å². The molecule has 0 aliphatic carbocycles. The number of carbonyl (C=O) groups is 2. The van der Waals surface area contributed by atoms with Crippen LogP contribution in [0.25, 0.3) is 0 Å². The van der Waals surface area contributed by atoms with Crippen molar-refractivity contribution in [1.82, 2.24) is 4.90 Å².